The van der Waals surface area contributed by atoms with Gasteiger partial charge in [-0.05, 0) is 31.0 Å². The number of aromatic amines is 1. The highest BCUT2D eigenvalue weighted by atomic mass is 35.5. The van der Waals surface area contributed by atoms with Gasteiger partial charge >= 0.3 is 0 Å². The van der Waals surface area contributed by atoms with Gasteiger partial charge in [-0.1, -0.05) is 18.5 Å². The Morgan fingerprint density at radius 1 is 1.41 bits per heavy atom. The second-order valence-electron chi connectivity index (χ2n) is 7.16. The number of hydrogen-bond acceptors (Lipinski definition) is 3. The first-order valence-electron chi connectivity index (χ1n) is 8.75. The van der Waals surface area contributed by atoms with Gasteiger partial charge in [0, 0.05) is 46.0 Å². The molecule has 2 heterocycles. The lowest BCUT2D eigenvalue weighted by Crippen LogP contribution is -2.29. The molecule has 3 aromatic rings. The van der Waals surface area contributed by atoms with Crippen molar-refractivity contribution < 1.29 is 13.9 Å². The van der Waals surface area contributed by atoms with Crippen molar-refractivity contribution in [1.29, 1.82) is 0 Å². The number of aromatic nitrogens is 2. The fourth-order valence-corrected chi connectivity index (χ4v) is 3.10. The molecule has 0 unspecified atom stereocenters. The minimum absolute atomic E-state index is 0.0348. The Hall–Kier alpha value is -2.60. The van der Waals surface area contributed by atoms with Crippen LogP contribution < -0.4 is 10.1 Å². The lowest BCUT2D eigenvalue weighted by molar-refractivity contribution is -0.125. The average Bonchev–Trinajstić information content (AvgIpc) is 3.28. The summed E-state index contributed by atoms with van der Waals surface area (Å²) in [6, 6.07) is 6.80. The summed E-state index contributed by atoms with van der Waals surface area (Å²) in [6.45, 7) is 2.44. The number of fused-ring (bicyclic) bond motifs is 1. The summed E-state index contributed by atoms with van der Waals surface area (Å²) in [7, 11) is 0. The third-order valence-electron chi connectivity index (χ3n) is 4.94. The Morgan fingerprint density at radius 3 is 2.96 bits per heavy atom. The lowest BCUT2D eigenvalue weighted by atomic mass is 10.1. The highest BCUT2D eigenvalue weighted by molar-refractivity contribution is 6.32. The van der Waals surface area contributed by atoms with Gasteiger partial charge in [-0.15, -0.1) is 0 Å². The Kier molecular flexibility index (Phi) is 4.52. The highest BCUT2D eigenvalue weighted by Crippen LogP contribution is 2.45. The van der Waals surface area contributed by atoms with Crippen LogP contribution in [-0.2, 0) is 17.9 Å². The molecule has 1 fully saturated rings. The number of ether oxygens (including phenoxy) is 1. The summed E-state index contributed by atoms with van der Waals surface area (Å²) in [5, 5.41) is 4.32. The predicted octanol–water partition coefficient (Wildman–Crippen LogP) is 4.35. The molecule has 0 aliphatic heterocycles. The minimum atomic E-state index is -0.371. The third kappa shape index (κ3) is 3.76. The third-order valence-corrected chi connectivity index (χ3v) is 5.24. The SMILES string of the molecule is CC1(C(=O)NCc2cc3cc(Cl)c(OCc4cnccc4F)cc3[nH]2)CC1. The van der Waals surface area contributed by atoms with Crippen LogP contribution in [0.3, 0.4) is 0 Å². The van der Waals surface area contributed by atoms with E-state index in [9.17, 15) is 9.18 Å². The number of hydrogen-bond donors (Lipinski definition) is 2. The lowest BCUT2D eigenvalue weighted by Gasteiger charge is -2.09. The van der Waals surface area contributed by atoms with Gasteiger partial charge < -0.3 is 15.0 Å². The second-order valence-corrected chi connectivity index (χ2v) is 7.57. The number of nitrogens with one attached hydrogen (secondary N) is 2. The molecule has 0 spiro atoms. The van der Waals surface area contributed by atoms with Crippen LogP contribution in [0.5, 0.6) is 5.75 Å². The normalized spacial score (nSPS) is 14.9. The van der Waals surface area contributed by atoms with Crippen LogP contribution in [0.2, 0.25) is 5.02 Å². The Balaban J connectivity index is 1.47. The zero-order chi connectivity index (χ0) is 19.0. The molecule has 27 heavy (non-hydrogen) atoms. The van der Waals surface area contributed by atoms with E-state index in [1.165, 1.54) is 18.5 Å². The van der Waals surface area contributed by atoms with E-state index >= 15 is 0 Å². The van der Waals surface area contributed by atoms with E-state index in [-0.39, 0.29) is 23.7 Å². The van der Waals surface area contributed by atoms with Crippen molar-refractivity contribution in [1.82, 2.24) is 15.3 Å². The average molecular weight is 388 g/mol. The molecule has 0 bridgehead atoms. The Labute approximate surface area is 160 Å². The predicted molar refractivity (Wildman–Crippen MR) is 101 cm³/mol. The summed E-state index contributed by atoms with van der Waals surface area (Å²) in [5.74, 6) is 0.168. The maximum Gasteiger partial charge on any atom is 0.226 e. The number of rotatable bonds is 6. The molecule has 1 aliphatic rings. The van der Waals surface area contributed by atoms with Crippen LogP contribution >= 0.6 is 11.6 Å². The number of amides is 1. The van der Waals surface area contributed by atoms with Gasteiger partial charge in [0.1, 0.15) is 18.2 Å². The van der Waals surface area contributed by atoms with Gasteiger partial charge in [0.2, 0.25) is 5.91 Å². The standard InChI is InChI=1S/C20H19ClFN3O2/c1-20(3-4-20)19(26)24-10-14-6-12-7-15(21)18(8-17(12)25-14)27-11-13-9-23-5-2-16(13)22/h2,5-9,25H,3-4,10-11H2,1H3,(H,24,26). The van der Waals surface area contributed by atoms with Crippen LogP contribution in [0.15, 0.2) is 36.7 Å². The molecule has 7 heteroatoms. The first-order valence-corrected chi connectivity index (χ1v) is 9.13. The molecule has 1 aromatic carbocycles. The number of carbonyl (C=O) groups is 1. The van der Waals surface area contributed by atoms with E-state index in [0.29, 0.717) is 22.9 Å². The molecular weight excluding hydrogens is 369 g/mol. The van der Waals surface area contributed by atoms with E-state index in [1.807, 2.05) is 13.0 Å². The molecule has 1 amide bonds. The monoisotopic (exact) mass is 387 g/mol. The zero-order valence-corrected chi connectivity index (χ0v) is 15.6. The molecular formula is C20H19ClFN3O2. The molecule has 1 saturated carbocycles. The number of carbonyl (C=O) groups excluding carboxylic acids is 1. The highest BCUT2D eigenvalue weighted by Gasteiger charge is 2.44. The molecule has 2 aromatic heterocycles. The molecule has 5 nitrogen and oxygen atoms in total. The molecule has 0 radical (unpaired) electrons. The van der Waals surface area contributed by atoms with Crippen LogP contribution in [0.25, 0.3) is 10.9 Å². The summed E-state index contributed by atoms with van der Waals surface area (Å²) >= 11 is 6.30. The maximum atomic E-state index is 13.7. The van der Waals surface area contributed by atoms with Crippen molar-refractivity contribution in [2.45, 2.75) is 32.9 Å². The van der Waals surface area contributed by atoms with Crippen LogP contribution in [0.1, 0.15) is 31.0 Å². The van der Waals surface area contributed by atoms with Crippen molar-refractivity contribution in [2.24, 2.45) is 5.41 Å². The van der Waals surface area contributed by atoms with Crippen molar-refractivity contribution in [2.75, 3.05) is 0 Å². The first kappa shape index (κ1) is 17.8. The van der Waals surface area contributed by atoms with Crippen LogP contribution in [0, 0.1) is 11.2 Å². The van der Waals surface area contributed by atoms with E-state index < -0.39 is 0 Å². The summed E-state index contributed by atoms with van der Waals surface area (Å²) in [5.41, 5.74) is 1.88. The quantitative estimate of drug-likeness (QED) is 0.660. The van der Waals surface area contributed by atoms with Crippen molar-refractivity contribution >= 4 is 28.4 Å². The van der Waals surface area contributed by atoms with E-state index in [1.54, 1.807) is 12.1 Å². The van der Waals surface area contributed by atoms with Crippen LogP contribution in [-0.4, -0.2) is 15.9 Å². The molecule has 2 N–H and O–H groups in total. The van der Waals surface area contributed by atoms with Crippen molar-refractivity contribution in [3.8, 4) is 5.75 Å². The van der Waals surface area contributed by atoms with Gasteiger partial charge in [-0.25, -0.2) is 4.39 Å². The summed E-state index contributed by atoms with van der Waals surface area (Å²) in [4.78, 5) is 19.2. The zero-order valence-electron chi connectivity index (χ0n) is 14.8. The van der Waals surface area contributed by atoms with E-state index in [2.05, 4.69) is 15.3 Å². The molecule has 0 atom stereocenters. The largest absolute Gasteiger partial charge is 0.487 e. The fourth-order valence-electron chi connectivity index (χ4n) is 2.87. The summed E-state index contributed by atoms with van der Waals surface area (Å²) in [6.07, 6.45) is 4.71. The van der Waals surface area contributed by atoms with Gasteiger partial charge in [0.25, 0.3) is 0 Å². The Morgan fingerprint density at radius 2 is 2.22 bits per heavy atom. The number of pyridine rings is 1. The number of H-pyrrole nitrogens is 1. The number of nitrogens with zero attached hydrogens (tertiary/aromatic N) is 1. The minimum Gasteiger partial charge on any atom is -0.487 e. The van der Waals surface area contributed by atoms with Gasteiger partial charge in [-0.2, -0.15) is 0 Å². The van der Waals surface area contributed by atoms with Gasteiger partial charge in [-0.3, -0.25) is 9.78 Å². The molecule has 140 valence electrons. The van der Waals surface area contributed by atoms with Gasteiger partial charge in [0.05, 0.1) is 11.6 Å². The topological polar surface area (TPSA) is 67.0 Å². The molecule has 4 rings (SSSR count). The van der Waals surface area contributed by atoms with Crippen LogP contribution in [0.4, 0.5) is 4.39 Å². The second kappa shape index (κ2) is 6.85. The van der Waals surface area contributed by atoms with E-state index in [0.717, 1.165) is 29.4 Å². The molecule has 1 aliphatic carbocycles. The van der Waals surface area contributed by atoms with Gasteiger partial charge in [0.15, 0.2) is 0 Å². The maximum absolute atomic E-state index is 13.7. The van der Waals surface area contributed by atoms with Crippen molar-refractivity contribution in [3.63, 3.8) is 0 Å². The smallest absolute Gasteiger partial charge is 0.226 e. The Bertz CT molecular complexity index is 1010. The molecule has 0 saturated heterocycles. The van der Waals surface area contributed by atoms with Crippen molar-refractivity contribution in [3.05, 3.63) is 58.8 Å². The van der Waals surface area contributed by atoms with E-state index in [4.69, 9.17) is 16.3 Å². The summed E-state index contributed by atoms with van der Waals surface area (Å²) < 4.78 is 19.4. The fraction of sp³-hybridized carbons (Fsp3) is 0.300. The number of benzene rings is 1. The first-order chi connectivity index (χ1) is 12.9. The number of halogens is 2.